The van der Waals surface area contributed by atoms with Gasteiger partial charge in [-0.15, -0.1) is 12.4 Å². The molecule has 3 rings (SSSR count). The van der Waals surface area contributed by atoms with Crippen molar-refractivity contribution < 1.29 is 0 Å². The van der Waals surface area contributed by atoms with Gasteiger partial charge in [0.1, 0.15) is 0 Å². The molecule has 21 heavy (non-hydrogen) atoms. The van der Waals surface area contributed by atoms with E-state index in [1.807, 2.05) is 37.5 Å². The molecule has 3 heterocycles. The van der Waals surface area contributed by atoms with Gasteiger partial charge in [0.15, 0.2) is 5.82 Å². The first-order valence-corrected chi connectivity index (χ1v) is 6.47. The molecule has 0 radical (unpaired) electrons. The first kappa shape index (κ1) is 15.2. The minimum atomic E-state index is 0. The number of nitrogens with zero attached hydrogens (tertiary/aromatic N) is 4. The second-order valence-corrected chi connectivity index (χ2v) is 4.60. The lowest BCUT2D eigenvalue weighted by atomic mass is 10.2. The zero-order valence-electron chi connectivity index (χ0n) is 11.7. The van der Waals surface area contributed by atoms with Gasteiger partial charge in [-0.3, -0.25) is 5.10 Å². The first-order chi connectivity index (χ1) is 9.83. The Morgan fingerprint density at radius 2 is 2.19 bits per heavy atom. The van der Waals surface area contributed by atoms with Gasteiger partial charge in [0, 0.05) is 42.9 Å². The van der Waals surface area contributed by atoms with Crippen molar-refractivity contribution in [1.29, 1.82) is 0 Å². The molecule has 0 unspecified atom stereocenters. The fourth-order valence-electron chi connectivity index (χ4n) is 2.00. The van der Waals surface area contributed by atoms with Crippen LogP contribution in [0.5, 0.6) is 0 Å². The predicted octanol–water partition coefficient (Wildman–Crippen LogP) is 2.01. The third-order valence-corrected chi connectivity index (χ3v) is 3.13. The molecule has 0 fully saturated rings. The molecule has 0 aliphatic carbocycles. The smallest absolute Gasteiger partial charge is 0.153 e. The molecule has 0 aromatic carbocycles. The number of H-pyrrole nitrogens is 1. The largest absolute Gasteiger partial charge is 0.308 e. The van der Waals surface area contributed by atoms with Crippen LogP contribution in [0.4, 0.5) is 0 Å². The highest BCUT2D eigenvalue weighted by molar-refractivity contribution is 5.85. The predicted molar refractivity (Wildman–Crippen MR) is 82.5 cm³/mol. The summed E-state index contributed by atoms with van der Waals surface area (Å²) in [6.07, 6.45) is 7.28. The quantitative estimate of drug-likeness (QED) is 0.756. The number of halogens is 1. The van der Waals surface area contributed by atoms with Crippen molar-refractivity contribution in [2.24, 2.45) is 0 Å². The van der Waals surface area contributed by atoms with E-state index in [1.54, 1.807) is 17.1 Å². The standard InChI is InChI=1S/C14H16N6.ClH/c1-11-13(10-17-19-11)9-15-8-12-3-5-16-14(7-12)20-6-2-4-18-20;/h2-7,10,15H,8-9H2,1H3,(H,17,19);1H. The lowest BCUT2D eigenvalue weighted by Crippen LogP contribution is -2.13. The van der Waals surface area contributed by atoms with E-state index in [4.69, 9.17) is 0 Å². The Morgan fingerprint density at radius 3 is 2.90 bits per heavy atom. The van der Waals surface area contributed by atoms with Crippen LogP contribution in [0.3, 0.4) is 0 Å². The number of hydrogen-bond donors (Lipinski definition) is 2. The number of nitrogens with one attached hydrogen (secondary N) is 2. The highest BCUT2D eigenvalue weighted by Gasteiger charge is 2.02. The van der Waals surface area contributed by atoms with E-state index >= 15 is 0 Å². The van der Waals surface area contributed by atoms with Gasteiger partial charge >= 0.3 is 0 Å². The molecule has 0 aliphatic heterocycles. The van der Waals surface area contributed by atoms with Gasteiger partial charge in [-0.25, -0.2) is 9.67 Å². The number of aryl methyl sites for hydroxylation is 1. The number of aromatic amines is 1. The van der Waals surface area contributed by atoms with E-state index in [1.165, 1.54) is 11.1 Å². The fourth-order valence-corrected chi connectivity index (χ4v) is 2.00. The average Bonchev–Trinajstić information content (AvgIpc) is 3.12. The van der Waals surface area contributed by atoms with Crippen LogP contribution >= 0.6 is 12.4 Å². The van der Waals surface area contributed by atoms with Crippen LogP contribution < -0.4 is 5.32 Å². The normalized spacial score (nSPS) is 10.3. The second-order valence-electron chi connectivity index (χ2n) is 4.60. The Morgan fingerprint density at radius 1 is 1.29 bits per heavy atom. The lowest BCUT2D eigenvalue weighted by molar-refractivity contribution is 0.688. The minimum absolute atomic E-state index is 0. The number of pyridine rings is 1. The third-order valence-electron chi connectivity index (χ3n) is 3.13. The second kappa shape index (κ2) is 7.01. The van der Waals surface area contributed by atoms with Crippen molar-refractivity contribution in [2.45, 2.75) is 20.0 Å². The molecule has 0 bridgehead atoms. The number of rotatable bonds is 5. The first-order valence-electron chi connectivity index (χ1n) is 6.47. The van der Waals surface area contributed by atoms with Crippen LogP contribution in [-0.2, 0) is 13.1 Å². The van der Waals surface area contributed by atoms with Gasteiger partial charge in [-0.05, 0) is 30.7 Å². The van der Waals surface area contributed by atoms with Crippen molar-refractivity contribution in [3.8, 4) is 5.82 Å². The maximum absolute atomic E-state index is 4.31. The molecule has 0 saturated heterocycles. The van der Waals surface area contributed by atoms with Crippen LogP contribution in [0.1, 0.15) is 16.8 Å². The molecule has 2 N–H and O–H groups in total. The Bertz CT molecular complexity index is 676. The summed E-state index contributed by atoms with van der Waals surface area (Å²) in [6.45, 7) is 3.59. The van der Waals surface area contributed by atoms with Crippen molar-refractivity contribution in [3.63, 3.8) is 0 Å². The Labute approximate surface area is 129 Å². The van der Waals surface area contributed by atoms with Gasteiger partial charge in [0.25, 0.3) is 0 Å². The SMILES string of the molecule is Cc1[nH]ncc1CNCc1ccnc(-n2cccn2)c1.Cl. The van der Waals surface area contributed by atoms with Gasteiger partial charge in [-0.2, -0.15) is 10.2 Å². The summed E-state index contributed by atoms with van der Waals surface area (Å²) < 4.78 is 1.75. The summed E-state index contributed by atoms with van der Waals surface area (Å²) in [4.78, 5) is 4.31. The van der Waals surface area contributed by atoms with Crippen LogP contribution in [-0.4, -0.2) is 25.0 Å². The zero-order valence-corrected chi connectivity index (χ0v) is 12.5. The summed E-state index contributed by atoms with van der Waals surface area (Å²) in [5, 5.41) is 14.5. The summed E-state index contributed by atoms with van der Waals surface area (Å²) in [6, 6.07) is 5.92. The fraction of sp³-hybridized carbons (Fsp3) is 0.214. The van der Waals surface area contributed by atoms with Crippen molar-refractivity contribution >= 4 is 12.4 Å². The Hall–Kier alpha value is -2.18. The van der Waals surface area contributed by atoms with Crippen molar-refractivity contribution in [1.82, 2.24) is 30.3 Å². The van der Waals surface area contributed by atoms with Gasteiger partial charge in [0.05, 0.1) is 6.20 Å². The monoisotopic (exact) mass is 304 g/mol. The highest BCUT2D eigenvalue weighted by atomic mass is 35.5. The van der Waals surface area contributed by atoms with Crippen LogP contribution in [0.25, 0.3) is 5.82 Å². The van der Waals surface area contributed by atoms with E-state index in [2.05, 4.69) is 25.6 Å². The molecule has 6 nitrogen and oxygen atoms in total. The van der Waals surface area contributed by atoms with E-state index in [0.717, 1.165) is 24.6 Å². The molecule has 3 aromatic rings. The highest BCUT2D eigenvalue weighted by Crippen LogP contribution is 2.07. The number of hydrogen-bond acceptors (Lipinski definition) is 4. The van der Waals surface area contributed by atoms with Crippen molar-refractivity contribution in [3.05, 3.63) is 59.8 Å². The zero-order chi connectivity index (χ0) is 13.8. The maximum Gasteiger partial charge on any atom is 0.153 e. The topological polar surface area (TPSA) is 71.4 Å². The van der Waals surface area contributed by atoms with E-state index in [0.29, 0.717) is 0 Å². The Balaban J connectivity index is 0.00000161. The molecule has 0 atom stereocenters. The molecule has 110 valence electrons. The summed E-state index contributed by atoms with van der Waals surface area (Å²) in [5.74, 6) is 0.828. The van der Waals surface area contributed by atoms with Gasteiger partial charge < -0.3 is 5.32 Å². The Kier molecular flexibility index (Phi) is 5.08. The van der Waals surface area contributed by atoms with Crippen LogP contribution in [0.15, 0.2) is 43.0 Å². The summed E-state index contributed by atoms with van der Waals surface area (Å²) >= 11 is 0. The summed E-state index contributed by atoms with van der Waals surface area (Å²) in [7, 11) is 0. The lowest BCUT2D eigenvalue weighted by Gasteiger charge is -2.06. The van der Waals surface area contributed by atoms with E-state index in [9.17, 15) is 0 Å². The molecule has 3 aromatic heterocycles. The number of aromatic nitrogens is 5. The molecular formula is C14H17ClN6. The summed E-state index contributed by atoms with van der Waals surface area (Å²) in [5.41, 5.74) is 3.46. The van der Waals surface area contributed by atoms with E-state index < -0.39 is 0 Å². The van der Waals surface area contributed by atoms with Gasteiger partial charge in [0.2, 0.25) is 0 Å². The minimum Gasteiger partial charge on any atom is -0.308 e. The van der Waals surface area contributed by atoms with Gasteiger partial charge in [-0.1, -0.05) is 0 Å². The van der Waals surface area contributed by atoms with Crippen LogP contribution in [0.2, 0.25) is 0 Å². The third kappa shape index (κ3) is 3.68. The van der Waals surface area contributed by atoms with Crippen LogP contribution in [0, 0.1) is 6.92 Å². The molecule has 0 aliphatic rings. The maximum atomic E-state index is 4.31. The molecule has 7 heteroatoms. The molecule has 0 saturated carbocycles. The molecule has 0 amide bonds. The molecular weight excluding hydrogens is 288 g/mol. The van der Waals surface area contributed by atoms with Crippen molar-refractivity contribution in [2.75, 3.05) is 0 Å². The molecule has 0 spiro atoms. The van der Waals surface area contributed by atoms with E-state index in [-0.39, 0.29) is 12.4 Å². The average molecular weight is 305 g/mol.